The van der Waals surface area contributed by atoms with Crippen molar-refractivity contribution in [3.05, 3.63) is 65.7 Å². The standard InChI is InChI=1S/C22H29NO/c1-3-9-19(10-4-1)15-16-24-22-14-8-7-13-21(22)18-23-17-20-11-5-2-6-12-20/h1,3-4,7-10,13-14,20,23H,2,5-6,11-12,15-18H2. The van der Waals surface area contributed by atoms with Crippen LogP contribution in [0.4, 0.5) is 0 Å². The van der Waals surface area contributed by atoms with Crippen LogP contribution < -0.4 is 10.1 Å². The van der Waals surface area contributed by atoms with Crippen LogP contribution in [0.2, 0.25) is 0 Å². The van der Waals surface area contributed by atoms with E-state index in [9.17, 15) is 0 Å². The molecule has 2 aromatic rings. The fraction of sp³-hybridized carbons (Fsp3) is 0.455. The van der Waals surface area contributed by atoms with Gasteiger partial charge in [-0.1, -0.05) is 67.8 Å². The van der Waals surface area contributed by atoms with Crippen LogP contribution in [0, 0.1) is 5.92 Å². The second-order valence-electron chi connectivity index (χ2n) is 6.83. The fourth-order valence-electron chi connectivity index (χ4n) is 3.52. The third kappa shape index (κ3) is 5.38. The number of hydrogen-bond donors (Lipinski definition) is 1. The van der Waals surface area contributed by atoms with Gasteiger partial charge in [-0.05, 0) is 36.9 Å². The number of hydrogen-bond acceptors (Lipinski definition) is 2. The number of ether oxygens (including phenoxy) is 1. The maximum absolute atomic E-state index is 6.04. The third-order valence-corrected chi connectivity index (χ3v) is 4.94. The molecule has 0 unspecified atom stereocenters. The lowest BCUT2D eigenvalue weighted by Crippen LogP contribution is -2.24. The van der Waals surface area contributed by atoms with Crippen molar-refractivity contribution in [2.75, 3.05) is 13.2 Å². The average Bonchev–Trinajstić information content (AvgIpc) is 2.65. The van der Waals surface area contributed by atoms with E-state index in [1.807, 2.05) is 0 Å². The minimum atomic E-state index is 0.726. The molecule has 0 amide bonds. The molecule has 1 aliphatic carbocycles. The molecule has 3 rings (SSSR count). The molecule has 0 spiro atoms. The van der Waals surface area contributed by atoms with Crippen molar-refractivity contribution >= 4 is 0 Å². The first-order chi connectivity index (χ1) is 11.9. The Kier molecular flexibility index (Phi) is 6.73. The van der Waals surface area contributed by atoms with Crippen molar-refractivity contribution in [2.24, 2.45) is 5.92 Å². The summed E-state index contributed by atoms with van der Waals surface area (Å²) in [5.74, 6) is 1.88. The summed E-state index contributed by atoms with van der Waals surface area (Å²) in [6.45, 7) is 2.76. The highest BCUT2D eigenvalue weighted by Crippen LogP contribution is 2.23. The molecule has 0 atom stereocenters. The van der Waals surface area contributed by atoms with Crippen molar-refractivity contribution in [1.29, 1.82) is 0 Å². The molecule has 1 aliphatic rings. The van der Waals surface area contributed by atoms with Gasteiger partial charge in [0, 0.05) is 18.5 Å². The highest BCUT2D eigenvalue weighted by Gasteiger charge is 2.13. The first kappa shape index (κ1) is 17.0. The van der Waals surface area contributed by atoms with Gasteiger partial charge in [0.2, 0.25) is 0 Å². The van der Waals surface area contributed by atoms with Crippen molar-refractivity contribution in [3.63, 3.8) is 0 Å². The maximum atomic E-state index is 6.04. The van der Waals surface area contributed by atoms with Crippen molar-refractivity contribution in [1.82, 2.24) is 5.32 Å². The summed E-state index contributed by atoms with van der Waals surface area (Å²) in [5.41, 5.74) is 2.59. The molecule has 0 saturated heterocycles. The Balaban J connectivity index is 1.45. The van der Waals surface area contributed by atoms with E-state index < -0.39 is 0 Å². The lowest BCUT2D eigenvalue weighted by molar-refractivity contribution is 0.314. The number of rotatable bonds is 8. The Labute approximate surface area is 146 Å². The van der Waals surface area contributed by atoms with Crippen molar-refractivity contribution in [3.8, 4) is 5.75 Å². The second kappa shape index (κ2) is 9.48. The zero-order chi connectivity index (χ0) is 16.5. The molecule has 2 heteroatoms. The van der Waals surface area contributed by atoms with Gasteiger partial charge in [0.05, 0.1) is 6.61 Å². The van der Waals surface area contributed by atoms with E-state index in [4.69, 9.17) is 4.74 Å². The molecule has 1 fully saturated rings. The summed E-state index contributed by atoms with van der Waals surface area (Å²) in [6.07, 6.45) is 7.97. The van der Waals surface area contributed by atoms with E-state index in [-0.39, 0.29) is 0 Å². The van der Waals surface area contributed by atoms with E-state index >= 15 is 0 Å². The topological polar surface area (TPSA) is 21.3 Å². The SMILES string of the molecule is c1ccc(CCOc2ccccc2CNCC2CCCCC2)cc1. The van der Waals surface area contributed by atoms with Crippen LogP contribution in [0.5, 0.6) is 5.75 Å². The van der Waals surface area contributed by atoms with E-state index in [1.54, 1.807) is 0 Å². The van der Waals surface area contributed by atoms with Gasteiger partial charge >= 0.3 is 0 Å². The van der Waals surface area contributed by atoms with Gasteiger partial charge in [0.15, 0.2) is 0 Å². The molecular formula is C22H29NO. The van der Waals surface area contributed by atoms with Crippen molar-refractivity contribution < 1.29 is 4.74 Å². The van der Waals surface area contributed by atoms with E-state index in [2.05, 4.69) is 59.9 Å². The van der Waals surface area contributed by atoms with Crippen molar-refractivity contribution in [2.45, 2.75) is 45.1 Å². The minimum Gasteiger partial charge on any atom is -0.493 e. The summed E-state index contributed by atoms with van der Waals surface area (Å²) in [7, 11) is 0. The van der Waals surface area contributed by atoms with Gasteiger partial charge in [-0.15, -0.1) is 0 Å². The number of para-hydroxylation sites is 1. The predicted octanol–water partition coefficient (Wildman–Crippen LogP) is 4.98. The molecule has 0 aliphatic heterocycles. The van der Waals surface area contributed by atoms with Crippen LogP contribution in [0.15, 0.2) is 54.6 Å². The molecule has 1 saturated carbocycles. The van der Waals surface area contributed by atoms with Gasteiger partial charge in [-0.25, -0.2) is 0 Å². The summed E-state index contributed by atoms with van der Waals surface area (Å²) in [6, 6.07) is 18.9. The highest BCUT2D eigenvalue weighted by molar-refractivity contribution is 5.33. The summed E-state index contributed by atoms with van der Waals surface area (Å²) >= 11 is 0. The zero-order valence-electron chi connectivity index (χ0n) is 14.5. The zero-order valence-corrected chi connectivity index (χ0v) is 14.5. The first-order valence-electron chi connectivity index (χ1n) is 9.37. The molecule has 0 radical (unpaired) electrons. The quantitative estimate of drug-likeness (QED) is 0.740. The molecular weight excluding hydrogens is 294 g/mol. The van der Waals surface area contributed by atoms with Crippen LogP contribution in [-0.2, 0) is 13.0 Å². The molecule has 2 aromatic carbocycles. The van der Waals surface area contributed by atoms with Gasteiger partial charge < -0.3 is 10.1 Å². The predicted molar refractivity (Wildman–Crippen MR) is 100 cm³/mol. The molecule has 1 N–H and O–H groups in total. The van der Waals surface area contributed by atoms with Crippen LogP contribution in [0.3, 0.4) is 0 Å². The number of benzene rings is 2. The Bertz CT molecular complexity index is 590. The van der Waals surface area contributed by atoms with Crippen LogP contribution >= 0.6 is 0 Å². The molecule has 24 heavy (non-hydrogen) atoms. The van der Waals surface area contributed by atoms with Gasteiger partial charge in [-0.2, -0.15) is 0 Å². The Hall–Kier alpha value is -1.80. The monoisotopic (exact) mass is 323 g/mol. The normalized spacial score (nSPS) is 15.3. The minimum absolute atomic E-state index is 0.726. The Morgan fingerprint density at radius 3 is 2.46 bits per heavy atom. The molecule has 0 heterocycles. The van der Waals surface area contributed by atoms with Gasteiger partial charge in [0.1, 0.15) is 5.75 Å². The van der Waals surface area contributed by atoms with Crippen LogP contribution in [0.1, 0.15) is 43.2 Å². The van der Waals surface area contributed by atoms with Gasteiger partial charge in [-0.3, -0.25) is 0 Å². The third-order valence-electron chi connectivity index (χ3n) is 4.94. The average molecular weight is 323 g/mol. The lowest BCUT2D eigenvalue weighted by Gasteiger charge is -2.22. The second-order valence-corrected chi connectivity index (χ2v) is 6.83. The highest BCUT2D eigenvalue weighted by atomic mass is 16.5. The van der Waals surface area contributed by atoms with Gasteiger partial charge in [0.25, 0.3) is 0 Å². The molecule has 0 bridgehead atoms. The fourth-order valence-corrected chi connectivity index (χ4v) is 3.52. The molecule has 128 valence electrons. The summed E-state index contributed by atoms with van der Waals surface area (Å²) in [4.78, 5) is 0. The first-order valence-corrected chi connectivity index (χ1v) is 9.37. The van der Waals surface area contributed by atoms with Crippen LogP contribution in [-0.4, -0.2) is 13.2 Å². The lowest BCUT2D eigenvalue weighted by atomic mass is 9.89. The van der Waals surface area contributed by atoms with E-state index in [0.717, 1.165) is 37.8 Å². The largest absolute Gasteiger partial charge is 0.493 e. The molecule has 2 nitrogen and oxygen atoms in total. The summed E-state index contributed by atoms with van der Waals surface area (Å²) in [5, 5.41) is 3.64. The van der Waals surface area contributed by atoms with E-state index in [0.29, 0.717) is 0 Å². The Morgan fingerprint density at radius 2 is 1.62 bits per heavy atom. The maximum Gasteiger partial charge on any atom is 0.123 e. The Morgan fingerprint density at radius 1 is 0.875 bits per heavy atom. The van der Waals surface area contributed by atoms with E-state index in [1.165, 1.54) is 43.2 Å². The molecule has 0 aromatic heterocycles. The smallest absolute Gasteiger partial charge is 0.123 e. The van der Waals surface area contributed by atoms with Crippen LogP contribution in [0.25, 0.3) is 0 Å². The summed E-state index contributed by atoms with van der Waals surface area (Å²) < 4.78 is 6.04. The number of nitrogens with one attached hydrogen (secondary N) is 1.